The molecule has 0 saturated carbocycles. The maximum atomic E-state index is 9.92. The highest BCUT2D eigenvalue weighted by Crippen LogP contribution is 2.38. The van der Waals surface area contributed by atoms with Crippen LogP contribution in [0.1, 0.15) is 23.4 Å². The number of aromatic nitrogens is 3. The highest BCUT2D eigenvalue weighted by molar-refractivity contribution is 5.85. The van der Waals surface area contributed by atoms with Gasteiger partial charge in [-0.25, -0.2) is 4.98 Å². The average Bonchev–Trinajstić information content (AvgIpc) is 3.35. The third-order valence-electron chi connectivity index (χ3n) is 5.69. The van der Waals surface area contributed by atoms with Crippen LogP contribution in [0.25, 0.3) is 16.8 Å². The number of likely N-dealkylation sites (N-methyl/N-ethyl adjacent to an activating group) is 1. The fourth-order valence-corrected chi connectivity index (χ4v) is 4.15. The zero-order valence-corrected chi connectivity index (χ0v) is 17.4. The van der Waals surface area contributed by atoms with E-state index in [-0.39, 0.29) is 0 Å². The van der Waals surface area contributed by atoms with E-state index in [1.165, 1.54) is 0 Å². The van der Waals surface area contributed by atoms with Gasteiger partial charge in [-0.3, -0.25) is 0 Å². The smallest absolute Gasteiger partial charge is 0.177 e. The SMILES string of the molecule is COCc1nc2c(C#N)c(C)c(-c3ccccc3)c(N3CC[C@H](N(C)C)C3)n2n1. The molecule has 1 fully saturated rings. The van der Waals surface area contributed by atoms with Crippen molar-refractivity contribution in [2.45, 2.75) is 26.0 Å². The second kappa shape index (κ2) is 7.82. The second-order valence-corrected chi connectivity index (χ2v) is 7.73. The Hall–Kier alpha value is -2.95. The van der Waals surface area contributed by atoms with Gasteiger partial charge in [-0.15, -0.1) is 5.10 Å². The normalized spacial score (nSPS) is 16.7. The van der Waals surface area contributed by atoms with Crippen LogP contribution in [0.3, 0.4) is 0 Å². The lowest BCUT2D eigenvalue weighted by Crippen LogP contribution is -2.32. The summed E-state index contributed by atoms with van der Waals surface area (Å²) in [6.45, 7) is 4.16. The molecule has 150 valence electrons. The van der Waals surface area contributed by atoms with E-state index in [0.717, 1.165) is 42.0 Å². The summed E-state index contributed by atoms with van der Waals surface area (Å²) < 4.78 is 7.10. The molecule has 1 aromatic carbocycles. The van der Waals surface area contributed by atoms with Crippen molar-refractivity contribution < 1.29 is 4.74 Å². The zero-order valence-electron chi connectivity index (χ0n) is 17.4. The monoisotopic (exact) mass is 390 g/mol. The number of methoxy groups -OCH3 is 1. The zero-order chi connectivity index (χ0) is 20.5. The summed E-state index contributed by atoms with van der Waals surface area (Å²) in [5.41, 5.74) is 4.22. The lowest BCUT2D eigenvalue weighted by atomic mass is 9.97. The fraction of sp³-hybridized carbons (Fsp3) is 0.409. The van der Waals surface area contributed by atoms with E-state index in [4.69, 9.17) is 9.84 Å². The molecule has 7 nitrogen and oxygen atoms in total. The molecule has 4 rings (SSSR count). The lowest BCUT2D eigenvalue weighted by Gasteiger charge is -2.26. The molecule has 2 aromatic heterocycles. The van der Waals surface area contributed by atoms with Crippen LogP contribution < -0.4 is 4.90 Å². The molecular formula is C22H26N6O. The van der Waals surface area contributed by atoms with Crippen molar-refractivity contribution in [2.75, 3.05) is 39.2 Å². The van der Waals surface area contributed by atoms with Crippen LogP contribution in [0, 0.1) is 18.3 Å². The number of nitriles is 1. The van der Waals surface area contributed by atoms with Gasteiger partial charge in [-0.1, -0.05) is 30.3 Å². The molecule has 1 saturated heterocycles. The summed E-state index contributed by atoms with van der Waals surface area (Å²) in [5.74, 6) is 1.58. The number of anilines is 1. The van der Waals surface area contributed by atoms with Gasteiger partial charge >= 0.3 is 0 Å². The number of hydrogen-bond acceptors (Lipinski definition) is 6. The molecule has 1 aliphatic rings. The van der Waals surface area contributed by atoms with E-state index in [9.17, 15) is 5.26 Å². The van der Waals surface area contributed by atoms with Crippen molar-refractivity contribution in [1.29, 1.82) is 5.26 Å². The minimum atomic E-state index is 0.312. The summed E-state index contributed by atoms with van der Waals surface area (Å²) >= 11 is 0. The van der Waals surface area contributed by atoms with Gasteiger partial charge in [-0.2, -0.15) is 9.78 Å². The van der Waals surface area contributed by atoms with E-state index in [1.807, 2.05) is 29.6 Å². The van der Waals surface area contributed by atoms with E-state index in [1.54, 1.807) is 7.11 Å². The van der Waals surface area contributed by atoms with E-state index in [0.29, 0.717) is 29.7 Å². The first-order valence-corrected chi connectivity index (χ1v) is 9.83. The Morgan fingerprint density at radius 3 is 2.66 bits per heavy atom. The Balaban J connectivity index is 2.01. The Morgan fingerprint density at radius 2 is 2.03 bits per heavy atom. The van der Waals surface area contributed by atoms with Gasteiger partial charge in [-0.05, 0) is 38.6 Å². The van der Waals surface area contributed by atoms with Crippen molar-refractivity contribution >= 4 is 11.5 Å². The van der Waals surface area contributed by atoms with Gasteiger partial charge in [0, 0.05) is 31.8 Å². The Kier molecular flexibility index (Phi) is 5.22. The predicted molar refractivity (Wildman–Crippen MR) is 113 cm³/mol. The molecular weight excluding hydrogens is 364 g/mol. The van der Waals surface area contributed by atoms with Crippen molar-refractivity contribution in [2.24, 2.45) is 0 Å². The minimum Gasteiger partial charge on any atom is -0.377 e. The standard InChI is InChI=1S/C22H26N6O/c1-15-18(12-23)21-24-19(14-29-4)25-28(21)22(20(15)16-8-6-5-7-9-16)27-11-10-17(13-27)26(2)3/h5-9,17H,10-11,13-14H2,1-4H3/t17-/m0/s1. The van der Waals surface area contributed by atoms with Crippen molar-refractivity contribution in [3.8, 4) is 17.2 Å². The minimum absolute atomic E-state index is 0.312. The van der Waals surface area contributed by atoms with Gasteiger partial charge in [0.05, 0.1) is 0 Å². The van der Waals surface area contributed by atoms with Gasteiger partial charge in [0.1, 0.15) is 24.1 Å². The first-order chi connectivity index (χ1) is 14.0. The Morgan fingerprint density at radius 1 is 1.28 bits per heavy atom. The van der Waals surface area contributed by atoms with Crippen LogP contribution in [0.2, 0.25) is 0 Å². The molecule has 0 bridgehead atoms. The third kappa shape index (κ3) is 3.35. The second-order valence-electron chi connectivity index (χ2n) is 7.73. The first kappa shape index (κ1) is 19.4. The van der Waals surface area contributed by atoms with E-state index in [2.05, 4.69) is 47.1 Å². The van der Waals surface area contributed by atoms with Crippen LogP contribution >= 0.6 is 0 Å². The number of nitrogens with zero attached hydrogens (tertiary/aromatic N) is 6. The van der Waals surface area contributed by atoms with Crippen molar-refractivity contribution in [1.82, 2.24) is 19.5 Å². The molecule has 3 heterocycles. The summed E-state index contributed by atoms with van der Waals surface area (Å²) in [5, 5.41) is 14.6. The van der Waals surface area contributed by atoms with E-state index < -0.39 is 0 Å². The quantitative estimate of drug-likeness (QED) is 0.667. The summed E-state index contributed by atoms with van der Waals surface area (Å²) in [6, 6.07) is 13.1. The van der Waals surface area contributed by atoms with Crippen LogP contribution in [-0.2, 0) is 11.3 Å². The Bertz CT molecular complexity index is 1070. The molecule has 0 unspecified atom stereocenters. The number of pyridine rings is 1. The molecule has 0 N–H and O–H groups in total. The van der Waals surface area contributed by atoms with Crippen LogP contribution in [-0.4, -0.2) is 59.8 Å². The number of hydrogen-bond donors (Lipinski definition) is 0. The van der Waals surface area contributed by atoms with Crippen LogP contribution in [0.4, 0.5) is 5.82 Å². The molecule has 1 atom stereocenters. The molecule has 0 aliphatic carbocycles. The molecule has 0 spiro atoms. The van der Waals surface area contributed by atoms with E-state index >= 15 is 0 Å². The molecule has 3 aromatic rings. The number of benzene rings is 1. The van der Waals surface area contributed by atoms with Gasteiger partial charge < -0.3 is 14.5 Å². The summed E-state index contributed by atoms with van der Waals surface area (Å²) in [4.78, 5) is 9.27. The van der Waals surface area contributed by atoms with Crippen LogP contribution in [0.15, 0.2) is 30.3 Å². The lowest BCUT2D eigenvalue weighted by molar-refractivity contribution is 0.178. The number of ether oxygens (including phenoxy) is 1. The molecule has 0 amide bonds. The topological polar surface area (TPSA) is 69.7 Å². The predicted octanol–water partition coefficient (Wildman–Crippen LogP) is 2.86. The molecule has 1 aliphatic heterocycles. The largest absolute Gasteiger partial charge is 0.377 e. The van der Waals surface area contributed by atoms with Gasteiger partial charge in [0.2, 0.25) is 0 Å². The summed E-state index contributed by atoms with van der Waals surface area (Å²) in [6.07, 6.45) is 1.08. The molecule has 7 heteroatoms. The molecule has 29 heavy (non-hydrogen) atoms. The molecule has 0 radical (unpaired) electrons. The highest BCUT2D eigenvalue weighted by Gasteiger charge is 2.30. The Labute approximate surface area is 171 Å². The maximum absolute atomic E-state index is 9.92. The van der Waals surface area contributed by atoms with Gasteiger partial charge in [0.15, 0.2) is 11.5 Å². The fourth-order valence-electron chi connectivity index (χ4n) is 4.15. The number of fused-ring (bicyclic) bond motifs is 1. The van der Waals surface area contributed by atoms with Crippen molar-refractivity contribution in [3.05, 3.63) is 47.3 Å². The number of rotatable bonds is 5. The van der Waals surface area contributed by atoms with Gasteiger partial charge in [0.25, 0.3) is 0 Å². The van der Waals surface area contributed by atoms with Crippen LogP contribution in [0.5, 0.6) is 0 Å². The maximum Gasteiger partial charge on any atom is 0.177 e. The first-order valence-electron chi connectivity index (χ1n) is 9.83. The highest BCUT2D eigenvalue weighted by atomic mass is 16.5. The third-order valence-corrected chi connectivity index (χ3v) is 5.69. The summed E-state index contributed by atoms with van der Waals surface area (Å²) in [7, 11) is 5.87. The van der Waals surface area contributed by atoms with Crippen molar-refractivity contribution in [3.63, 3.8) is 0 Å². The average molecular weight is 390 g/mol.